The van der Waals surface area contributed by atoms with Crippen LogP contribution in [-0.4, -0.2) is 33.2 Å². The van der Waals surface area contributed by atoms with Crippen molar-refractivity contribution in [2.75, 3.05) is 12.9 Å². The van der Waals surface area contributed by atoms with E-state index in [0.717, 1.165) is 27.7 Å². The van der Waals surface area contributed by atoms with E-state index in [1.165, 1.54) is 11.8 Å². The number of benzene rings is 2. The lowest BCUT2D eigenvalue weighted by Gasteiger charge is -2.03. The Hall–Kier alpha value is -3.12. The van der Waals surface area contributed by atoms with Crippen LogP contribution in [-0.2, 0) is 0 Å². The normalized spacial score (nSPS) is 10.9. The van der Waals surface area contributed by atoms with Crippen LogP contribution >= 0.6 is 11.8 Å². The number of methoxy groups -OCH3 is 1. The minimum Gasteiger partial charge on any atom is -0.497 e. The number of nitrogens with zero attached hydrogens (tertiary/aromatic N) is 3. The van der Waals surface area contributed by atoms with Gasteiger partial charge in [0.05, 0.1) is 24.8 Å². The number of carbonyl (C=O) groups excluding carboxylic acids is 1. The van der Waals surface area contributed by atoms with Crippen LogP contribution in [0.5, 0.6) is 5.75 Å². The summed E-state index contributed by atoms with van der Waals surface area (Å²) in [5, 5.41) is 5.34. The van der Waals surface area contributed by atoms with E-state index in [9.17, 15) is 4.79 Å². The monoisotopic (exact) mass is 375 g/mol. The van der Waals surface area contributed by atoms with E-state index in [1.54, 1.807) is 35.9 Å². The Morgan fingerprint density at radius 2 is 1.81 bits per heavy atom. The maximum absolute atomic E-state index is 12.4. The Morgan fingerprint density at radius 3 is 2.56 bits per heavy atom. The third-order valence-electron chi connectivity index (χ3n) is 4.13. The van der Waals surface area contributed by atoms with Crippen molar-refractivity contribution in [3.05, 3.63) is 78.5 Å². The van der Waals surface area contributed by atoms with Crippen molar-refractivity contribution >= 4 is 23.2 Å². The lowest BCUT2D eigenvalue weighted by Crippen LogP contribution is -2.03. The first-order valence-electron chi connectivity index (χ1n) is 8.45. The fourth-order valence-corrected chi connectivity index (χ4v) is 3.44. The summed E-state index contributed by atoms with van der Waals surface area (Å²) in [6.07, 6.45) is 1.90. The molecule has 4 aromatic rings. The molecule has 0 N–H and O–H groups in total. The Balaban J connectivity index is 1.48. The molecule has 0 aliphatic heterocycles. The summed E-state index contributed by atoms with van der Waals surface area (Å²) in [5.41, 5.74) is 3.37. The molecule has 5 nitrogen and oxygen atoms in total. The number of rotatable bonds is 6. The van der Waals surface area contributed by atoms with Crippen LogP contribution in [0.25, 0.3) is 16.9 Å². The predicted octanol–water partition coefficient (Wildman–Crippen LogP) is 4.38. The van der Waals surface area contributed by atoms with Crippen molar-refractivity contribution in [1.29, 1.82) is 0 Å². The van der Waals surface area contributed by atoms with Gasteiger partial charge in [0.15, 0.2) is 11.4 Å². The summed E-state index contributed by atoms with van der Waals surface area (Å²) >= 11 is 1.41. The number of ether oxygens (including phenoxy) is 1. The minimum atomic E-state index is 0.0557. The van der Waals surface area contributed by atoms with E-state index < -0.39 is 0 Å². The standard InChI is InChI=1S/C21H17N3O2S/c1-26-17-9-7-16(8-10-17)19(25)14-27-21-12-11-20-22-18(13-24(20)23-21)15-5-3-2-4-6-15/h2-13H,14H2,1H3. The molecule has 2 aromatic heterocycles. The van der Waals surface area contributed by atoms with Crippen molar-refractivity contribution in [3.8, 4) is 17.0 Å². The van der Waals surface area contributed by atoms with Crippen LogP contribution in [0.2, 0.25) is 0 Å². The van der Waals surface area contributed by atoms with Gasteiger partial charge in [0, 0.05) is 11.1 Å². The molecule has 0 bridgehead atoms. The smallest absolute Gasteiger partial charge is 0.173 e. The van der Waals surface area contributed by atoms with Crippen LogP contribution in [0.15, 0.2) is 78.0 Å². The minimum absolute atomic E-state index is 0.0557. The van der Waals surface area contributed by atoms with Gasteiger partial charge in [-0.15, -0.1) is 0 Å². The first-order valence-corrected chi connectivity index (χ1v) is 9.43. The molecule has 6 heteroatoms. The van der Waals surface area contributed by atoms with Gasteiger partial charge in [-0.05, 0) is 36.4 Å². The number of fused-ring (bicyclic) bond motifs is 1. The molecule has 0 radical (unpaired) electrons. The quantitative estimate of drug-likeness (QED) is 0.370. The number of Topliss-reactive ketones (excluding diaryl/α,β-unsaturated/α-hetero) is 1. The highest BCUT2D eigenvalue weighted by Gasteiger charge is 2.10. The predicted molar refractivity (Wildman–Crippen MR) is 106 cm³/mol. The zero-order valence-electron chi connectivity index (χ0n) is 14.7. The second kappa shape index (κ2) is 7.63. The number of carbonyl (C=O) groups is 1. The second-order valence-electron chi connectivity index (χ2n) is 5.91. The second-order valence-corrected chi connectivity index (χ2v) is 6.90. The molecule has 2 heterocycles. The van der Waals surface area contributed by atoms with Crippen LogP contribution < -0.4 is 4.74 Å². The molecule has 134 valence electrons. The molecule has 4 rings (SSSR count). The molecule has 0 amide bonds. The van der Waals surface area contributed by atoms with E-state index in [0.29, 0.717) is 11.3 Å². The van der Waals surface area contributed by atoms with E-state index in [2.05, 4.69) is 10.1 Å². The van der Waals surface area contributed by atoms with Gasteiger partial charge in [-0.2, -0.15) is 5.10 Å². The van der Waals surface area contributed by atoms with E-state index >= 15 is 0 Å². The number of ketones is 1. The topological polar surface area (TPSA) is 56.5 Å². The Bertz CT molecular complexity index is 1080. The maximum atomic E-state index is 12.4. The van der Waals surface area contributed by atoms with Gasteiger partial charge < -0.3 is 4.74 Å². The summed E-state index contributed by atoms with van der Waals surface area (Å²) < 4.78 is 6.87. The largest absolute Gasteiger partial charge is 0.497 e. The molecule has 0 spiro atoms. The molecule has 27 heavy (non-hydrogen) atoms. The van der Waals surface area contributed by atoms with Crippen molar-refractivity contribution in [1.82, 2.24) is 14.6 Å². The molecular weight excluding hydrogens is 358 g/mol. The molecule has 0 saturated heterocycles. The van der Waals surface area contributed by atoms with Crippen molar-refractivity contribution in [2.45, 2.75) is 5.03 Å². The molecule has 2 aromatic carbocycles. The van der Waals surface area contributed by atoms with Gasteiger partial charge in [-0.1, -0.05) is 42.1 Å². The average molecular weight is 375 g/mol. The van der Waals surface area contributed by atoms with Crippen molar-refractivity contribution < 1.29 is 9.53 Å². The first kappa shape index (κ1) is 17.3. The molecule has 0 unspecified atom stereocenters. The van der Waals surface area contributed by atoms with Crippen molar-refractivity contribution in [3.63, 3.8) is 0 Å². The fraction of sp³-hybridized carbons (Fsp3) is 0.0952. The Kier molecular flexibility index (Phi) is 4.89. The van der Waals surface area contributed by atoms with Crippen LogP contribution in [0.3, 0.4) is 0 Å². The fourth-order valence-electron chi connectivity index (χ4n) is 2.69. The molecule has 0 aliphatic carbocycles. The van der Waals surface area contributed by atoms with Gasteiger partial charge in [0.2, 0.25) is 0 Å². The van der Waals surface area contributed by atoms with Gasteiger partial charge in [0.25, 0.3) is 0 Å². The zero-order chi connectivity index (χ0) is 18.6. The average Bonchev–Trinajstić information content (AvgIpc) is 3.16. The third kappa shape index (κ3) is 3.85. The van der Waals surface area contributed by atoms with Gasteiger partial charge in [-0.3, -0.25) is 4.79 Å². The first-order chi connectivity index (χ1) is 13.2. The Morgan fingerprint density at radius 1 is 1.04 bits per heavy atom. The van der Waals surface area contributed by atoms with E-state index in [1.807, 2.05) is 48.7 Å². The number of hydrogen-bond acceptors (Lipinski definition) is 5. The van der Waals surface area contributed by atoms with Gasteiger partial charge in [0.1, 0.15) is 10.8 Å². The van der Waals surface area contributed by atoms with E-state index in [4.69, 9.17) is 4.74 Å². The molecule has 0 saturated carbocycles. The van der Waals surface area contributed by atoms with E-state index in [-0.39, 0.29) is 5.78 Å². The number of thioether (sulfide) groups is 1. The van der Waals surface area contributed by atoms with Crippen LogP contribution in [0, 0.1) is 0 Å². The van der Waals surface area contributed by atoms with Crippen LogP contribution in [0.4, 0.5) is 0 Å². The maximum Gasteiger partial charge on any atom is 0.173 e. The van der Waals surface area contributed by atoms with Crippen molar-refractivity contribution in [2.24, 2.45) is 0 Å². The highest BCUT2D eigenvalue weighted by molar-refractivity contribution is 7.99. The van der Waals surface area contributed by atoms with Gasteiger partial charge in [-0.25, -0.2) is 9.50 Å². The SMILES string of the molecule is COc1ccc(C(=O)CSc2ccc3nc(-c4ccccc4)cn3n2)cc1. The number of imidazole rings is 1. The molecule has 0 atom stereocenters. The highest BCUT2D eigenvalue weighted by Crippen LogP contribution is 2.22. The summed E-state index contributed by atoms with van der Waals surface area (Å²) in [5.74, 6) is 1.12. The number of aromatic nitrogens is 3. The summed E-state index contributed by atoms with van der Waals surface area (Å²) in [7, 11) is 1.60. The zero-order valence-corrected chi connectivity index (χ0v) is 15.5. The summed E-state index contributed by atoms with van der Waals surface area (Å²) in [6.45, 7) is 0. The Labute approximate surface area is 161 Å². The number of hydrogen-bond donors (Lipinski definition) is 0. The highest BCUT2D eigenvalue weighted by atomic mass is 32.2. The van der Waals surface area contributed by atoms with Gasteiger partial charge >= 0.3 is 0 Å². The molecular formula is C21H17N3O2S. The molecule has 0 fully saturated rings. The summed E-state index contributed by atoms with van der Waals surface area (Å²) in [6, 6.07) is 20.9. The summed E-state index contributed by atoms with van der Waals surface area (Å²) in [4.78, 5) is 17.0. The third-order valence-corrected chi connectivity index (χ3v) is 5.05. The lowest BCUT2D eigenvalue weighted by molar-refractivity contribution is 0.102. The lowest BCUT2D eigenvalue weighted by atomic mass is 10.1. The van der Waals surface area contributed by atoms with Crippen LogP contribution in [0.1, 0.15) is 10.4 Å². The molecule has 0 aliphatic rings.